The lowest BCUT2D eigenvalue weighted by atomic mass is 9.96. The fourth-order valence-electron chi connectivity index (χ4n) is 2.82. The van der Waals surface area contributed by atoms with E-state index in [2.05, 4.69) is 0 Å². The summed E-state index contributed by atoms with van der Waals surface area (Å²) < 4.78 is 16.0. The molecule has 2 aromatic carbocycles. The molecule has 0 N–H and O–H groups in total. The highest BCUT2D eigenvalue weighted by Crippen LogP contribution is 2.29. The predicted molar refractivity (Wildman–Crippen MR) is 106 cm³/mol. The van der Waals surface area contributed by atoms with E-state index in [1.165, 1.54) is 26.2 Å². The smallest absolute Gasteiger partial charge is 0.329 e. The Morgan fingerprint density at radius 2 is 1.86 bits per heavy atom. The SMILES string of the molecule is COc1cc(/C=C/C(=O)C2C(=O)C=C(C)OC2=O)ccc1OCc1ccccc1. The first-order valence-electron chi connectivity index (χ1n) is 8.98. The molecule has 0 spiro atoms. The molecule has 2 aromatic rings. The van der Waals surface area contributed by atoms with Crippen LogP contribution in [0.4, 0.5) is 0 Å². The third-order valence-corrected chi connectivity index (χ3v) is 4.28. The van der Waals surface area contributed by atoms with E-state index in [9.17, 15) is 14.4 Å². The van der Waals surface area contributed by atoms with Crippen LogP contribution in [0.1, 0.15) is 18.1 Å². The van der Waals surface area contributed by atoms with Crippen molar-refractivity contribution in [1.29, 1.82) is 0 Å². The molecule has 6 heteroatoms. The van der Waals surface area contributed by atoms with Crippen LogP contribution in [0.3, 0.4) is 0 Å². The standard InChI is InChI=1S/C23H20O6/c1-15-12-19(25)22(23(26)29-15)18(24)10-8-16-9-11-20(21(13-16)27-2)28-14-17-6-4-3-5-7-17/h3-13,22H,14H2,1-2H3/b10-8+. The topological polar surface area (TPSA) is 78.9 Å². The minimum atomic E-state index is -1.45. The third-order valence-electron chi connectivity index (χ3n) is 4.28. The summed E-state index contributed by atoms with van der Waals surface area (Å²) >= 11 is 0. The molecule has 0 fully saturated rings. The molecule has 29 heavy (non-hydrogen) atoms. The second kappa shape index (κ2) is 9.01. The number of benzene rings is 2. The van der Waals surface area contributed by atoms with Crippen LogP contribution in [0.15, 0.2) is 66.4 Å². The van der Waals surface area contributed by atoms with Crippen molar-refractivity contribution in [3.05, 3.63) is 77.6 Å². The van der Waals surface area contributed by atoms with Gasteiger partial charge in [0.05, 0.1) is 7.11 Å². The Morgan fingerprint density at radius 1 is 1.10 bits per heavy atom. The van der Waals surface area contributed by atoms with E-state index in [4.69, 9.17) is 14.2 Å². The fraction of sp³-hybridized carbons (Fsp3) is 0.174. The van der Waals surface area contributed by atoms with Gasteiger partial charge in [-0.25, -0.2) is 0 Å². The van der Waals surface area contributed by atoms with E-state index in [0.29, 0.717) is 23.7 Å². The zero-order valence-electron chi connectivity index (χ0n) is 16.1. The minimum Gasteiger partial charge on any atom is -0.493 e. The van der Waals surface area contributed by atoms with E-state index in [1.807, 2.05) is 30.3 Å². The highest BCUT2D eigenvalue weighted by atomic mass is 16.5. The lowest BCUT2D eigenvalue weighted by molar-refractivity contribution is -0.151. The van der Waals surface area contributed by atoms with Gasteiger partial charge in [-0.1, -0.05) is 42.5 Å². The average Bonchev–Trinajstić information content (AvgIpc) is 2.71. The van der Waals surface area contributed by atoms with Crippen LogP contribution in [0.25, 0.3) is 6.08 Å². The Kier molecular flexibility index (Phi) is 6.24. The molecule has 1 atom stereocenters. The Bertz CT molecular complexity index is 988. The van der Waals surface area contributed by atoms with Crippen molar-refractivity contribution < 1.29 is 28.6 Å². The molecule has 1 unspecified atom stereocenters. The Balaban J connectivity index is 1.70. The molecule has 0 bridgehead atoms. The van der Waals surface area contributed by atoms with Gasteiger partial charge < -0.3 is 14.2 Å². The van der Waals surface area contributed by atoms with Crippen molar-refractivity contribution >= 4 is 23.6 Å². The van der Waals surface area contributed by atoms with Gasteiger partial charge in [0.15, 0.2) is 29.0 Å². The second-order valence-electron chi connectivity index (χ2n) is 6.43. The molecule has 148 valence electrons. The lowest BCUT2D eigenvalue weighted by Crippen LogP contribution is -2.34. The molecule has 0 radical (unpaired) electrons. The Hall–Kier alpha value is -3.67. The first-order valence-corrected chi connectivity index (χ1v) is 8.98. The molecule has 0 saturated carbocycles. The third kappa shape index (κ3) is 4.99. The van der Waals surface area contributed by atoms with Gasteiger partial charge in [0.25, 0.3) is 0 Å². The van der Waals surface area contributed by atoms with E-state index in [0.717, 1.165) is 11.6 Å². The fourth-order valence-corrected chi connectivity index (χ4v) is 2.82. The second-order valence-corrected chi connectivity index (χ2v) is 6.43. The van der Waals surface area contributed by atoms with Crippen LogP contribution in [-0.2, 0) is 25.7 Å². The zero-order chi connectivity index (χ0) is 20.8. The van der Waals surface area contributed by atoms with Gasteiger partial charge in [0, 0.05) is 6.08 Å². The zero-order valence-corrected chi connectivity index (χ0v) is 16.1. The molecule has 0 amide bonds. The minimum absolute atomic E-state index is 0.184. The van der Waals surface area contributed by atoms with Crippen molar-refractivity contribution in [1.82, 2.24) is 0 Å². The number of hydrogen-bond acceptors (Lipinski definition) is 6. The van der Waals surface area contributed by atoms with E-state index in [1.54, 1.807) is 18.2 Å². The summed E-state index contributed by atoms with van der Waals surface area (Å²) in [7, 11) is 1.52. The van der Waals surface area contributed by atoms with Crippen LogP contribution < -0.4 is 9.47 Å². The first kappa shape index (κ1) is 20.1. The van der Waals surface area contributed by atoms with Gasteiger partial charge >= 0.3 is 5.97 Å². The number of rotatable bonds is 7. The number of ether oxygens (including phenoxy) is 3. The van der Waals surface area contributed by atoms with Gasteiger partial charge in [-0.2, -0.15) is 0 Å². The maximum Gasteiger partial charge on any atom is 0.329 e. The molecular weight excluding hydrogens is 372 g/mol. The number of methoxy groups -OCH3 is 1. The highest BCUT2D eigenvalue weighted by Gasteiger charge is 2.36. The van der Waals surface area contributed by atoms with Gasteiger partial charge in [0.1, 0.15) is 12.4 Å². The van der Waals surface area contributed by atoms with Crippen LogP contribution in [0.2, 0.25) is 0 Å². The lowest BCUT2D eigenvalue weighted by Gasteiger charge is -2.15. The summed E-state index contributed by atoms with van der Waals surface area (Å²) in [5.74, 6) is -2.27. The maximum atomic E-state index is 12.3. The number of hydrogen-bond donors (Lipinski definition) is 0. The number of cyclic esters (lactones) is 1. The molecule has 0 saturated heterocycles. The first-order chi connectivity index (χ1) is 14.0. The van der Waals surface area contributed by atoms with Crippen molar-refractivity contribution in [3.63, 3.8) is 0 Å². The van der Waals surface area contributed by atoms with Crippen LogP contribution in [0.5, 0.6) is 11.5 Å². The van der Waals surface area contributed by atoms with Gasteiger partial charge in [-0.3, -0.25) is 14.4 Å². The summed E-state index contributed by atoms with van der Waals surface area (Å²) in [5, 5.41) is 0. The summed E-state index contributed by atoms with van der Waals surface area (Å²) in [6.07, 6.45) is 3.86. The highest BCUT2D eigenvalue weighted by molar-refractivity contribution is 6.25. The van der Waals surface area contributed by atoms with E-state index < -0.39 is 23.5 Å². The molecule has 0 aromatic heterocycles. The maximum absolute atomic E-state index is 12.3. The summed E-state index contributed by atoms with van der Waals surface area (Å²) in [5.41, 5.74) is 1.68. The van der Waals surface area contributed by atoms with Gasteiger partial charge in [0.2, 0.25) is 0 Å². The molecule has 1 heterocycles. The number of esters is 1. The van der Waals surface area contributed by atoms with Crippen molar-refractivity contribution in [2.24, 2.45) is 5.92 Å². The number of allylic oxidation sites excluding steroid dienone is 3. The predicted octanol–water partition coefficient (Wildman–Crippen LogP) is 3.50. The van der Waals surface area contributed by atoms with E-state index >= 15 is 0 Å². The van der Waals surface area contributed by atoms with Gasteiger partial charge in [-0.05, 0) is 36.3 Å². The number of carbonyl (C=O) groups excluding carboxylic acids is 3. The molecule has 6 nitrogen and oxygen atoms in total. The van der Waals surface area contributed by atoms with Crippen molar-refractivity contribution in [2.75, 3.05) is 7.11 Å². The Labute approximate surface area is 168 Å². The molecule has 0 aliphatic carbocycles. The molecule has 3 rings (SSSR count). The van der Waals surface area contributed by atoms with Gasteiger partial charge in [-0.15, -0.1) is 0 Å². The summed E-state index contributed by atoms with van der Waals surface area (Å²) in [6, 6.07) is 14.9. The molecule has 1 aliphatic heterocycles. The largest absolute Gasteiger partial charge is 0.493 e. The monoisotopic (exact) mass is 392 g/mol. The van der Waals surface area contributed by atoms with Crippen molar-refractivity contribution in [2.45, 2.75) is 13.5 Å². The number of ketones is 2. The van der Waals surface area contributed by atoms with Crippen LogP contribution >= 0.6 is 0 Å². The summed E-state index contributed by atoms with van der Waals surface area (Å²) in [6.45, 7) is 1.88. The summed E-state index contributed by atoms with van der Waals surface area (Å²) in [4.78, 5) is 36.0. The van der Waals surface area contributed by atoms with Crippen molar-refractivity contribution in [3.8, 4) is 11.5 Å². The van der Waals surface area contributed by atoms with E-state index in [-0.39, 0.29) is 5.76 Å². The molecule has 1 aliphatic rings. The normalized spacial score (nSPS) is 16.3. The quantitative estimate of drug-likeness (QED) is 0.408. The Morgan fingerprint density at radius 3 is 2.55 bits per heavy atom. The van der Waals surface area contributed by atoms with Crippen LogP contribution in [0, 0.1) is 5.92 Å². The molecular formula is C23H20O6. The van der Waals surface area contributed by atoms with Crippen LogP contribution in [-0.4, -0.2) is 24.6 Å². The number of carbonyl (C=O) groups is 3. The average molecular weight is 392 g/mol.